The minimum absolute atomic E-state index is 0.0171. The summed E-state index contributed by atoms with van der Waals surface area (Å²) in [6, 6.07) is 13.3. The maximum absolute atomic E-state index is 10.8. The van der Waals surface area contributed by atoms with E-state index < -0.39 is 5.97 Å². The van der Waals surface area contributed by atoms with Gasteiger partial charge in [0.25, 0.3) is 0 Å². The van der Waals surface area contributed by atoms with Crippen molar-refractivity contribution in [2.24, 2.45) is 5.92 Å². The fraction of sp³-hybridized carbons (Fsp3) is 0.250. The summed E-state index contributed by atoms with van der Waals surface area (Å²) in [6.07, 6.45) is 4.69. The van der Waals surface area contributed by atoms with Crippen molar-refractivity contribution in [1.82, 2.24) is 15.0 Å². The number of carbonyl (C=O) groups is 1. The van der Waals surface area contributed by atoms with Crippen LogP contribution in [0.5, 0.6) is 5.75 Å². The van der Waals surface area contributed by atoms with Gasteiger partial charge in [0.1, 0.15) is 17.5 Å². The largest absolute Gasteiger partial charge is 0.491 e. The first-order valence-corrected chi connectivity index (χ1v) is 10.7. The van der Waals surface area contributed by atoms with Crippen molar-refractivity contribution in [3.63, 3.8) is 0 Å². The van der Waals surface area contributed by atoms with E-state index in [2.05, 4.69) is 15.0 Å². The second-order valence-corrected chi connectivity index (χ2v) is 8.18. The molecule has 0 amide bonds. The summed E-state index contributed by atoms with van der Waals surface area (Å²) in [5.41, 5.74) is 3.14. The van der Waals surface area contributed by atoms with Gasteiger partial charge in [-0.1, -0.05) is 11.6 Å². The molecule has 162 valence electrons. The standard InChI is InChI=1S/C24H20ClN3O4/c25-21-4-2-14-5-6-26-22(23(14)28-21)17-9-15-1-3-18(12-20(15)27-13-17)31-7-8-32-19-10-16(11-19)24(29)30/h1-6,9,12-13,16,19H,7-8,10-11H2,(H,29,30)/t16-,19+. The summed E-state index contributed by atoms with van der Waals surface area (Å²) in [5.74, 6) is -0.312. The van der Waals surface area contributed by atoms with Crippen LogP contribution in [0.3, 0.4) is 0 Å². The molecule has 0 radical (unpaired) electrons. The molecule has 0 saturated heterocycles. The Morgan fingerprint density at radius 2 is 1.91 bits per heavy atom. The van der Waals surface area contributed by atoms with Gasteiger partial charge in [-0.05, 0) is 49.2 Å². The van der Waals surface area contributed by atoms with E-state index in [-0.39, 0.29) is 12.0 Å². The number of nitrogens with zero attached hydrogens (tertiary/aromatic N) is 3. The molecule has 0 spiro atoms. The summed E-state index contributed by atoms with van der Waals surface area (Å²) in [6.45, 7) is 0.813. The van der Waals surface area contributed by atoms with Crippen molar-refractivity contribution in [3.05, 3.63) is 60.0 Å². The lowest BCUT2D eigenvalue weighted by atomic mass is 9.82. The number of hydrogen-bond acceptors (Lipinski definition) is 6. The fourth-order valence-corrected chi connectivity index (χ4v) is 3.98. The van der Waals surface area contributed by atoms with Gasteiger partial charge < -0.3 is 14.6 Å². The van der Waals surface area contributed by atoms with Gasteiger partial charge in [-0.3, -0.25) is 14.8 Å². The van der Waals surface area contributed by atoms with E-state index in [1.54, 1.807) is 18.5 Å². The lowest BCUT2D eigenvalue weighted by Crippen LogP contribution is -2.36. The smallest absolute Gasteiger partial charge is 0.306 e. The number of aromatic nitrogens is 3. The van der Waals surface area contributed by atoms with Gasteiger partial charge in [0.05, 0.1) is 35.4 Å². The van der Waals surface area contributed by atoms with Gasteiger partial charge in [0, 0.05) is 34.8 Å². The number of halogens is 1. The van der Waals surface area contributed by atoms with Gasteiger partial charge >= 0.3 is 5.97 Å². The molecule has 4 aromatic rings. The first-order valence-electron chi connectivity index (χ1n) is 10.4. The highest BCUT2D eigenvalue weighted by Crippen LogP contribution is 2.31. The van der Waals surface area contributed by atoms with E-state index in [0.29, 0.717) is 37.0 Å². The molecule has 1 aromatic carbocycles. The third-order valence-corrected chi connectivity index (χ3v) is 5.86. The maximum atomic E-state index is 10.8. The number of ether oxygens (including phenoxy) is 2. The Morgan fingerprint density at radius 3 is 2.75 bits per heavy atom. The molecule has 3 aromatic heterocycles. The van der Waals surface area contributed by atoms with Crippen molar-refractivity contribution >= 4 is 39.4 Å². The lowest BCUT2D eigenvalue weighted by Gasteiger charge is -2.31. The second-order valence-electron chi connectivity index (χ2n) is 7.79. The van der Waals surface area contributed by atoms with Crippen LogP contribution in [0.4, 0.5) is 0 Å². The van der Waals surface area contributed by atoms with Crippen LogP contribution in [0, 0.1) is 5.92 Å². The minimum Gasteiger partial charge on any atom is -0.491 e. The summed E-state index contributed by atoms with van der Waals surface area (Å²) in [7, 11) is 0. The van der Waals surface area contributed by atoms with Gasteiger partial charge in [-0.25, -0.2) is 4.98 Å². The van der Waals surface area contributed by atoms with Crippen LogP contribution in [0.25, 0.3) is 33.1 Å². The molecule has 0 unspecified atom stereocenters. The summed E-state index contributed by atoms with van der Waals surface area (Å²) in [4.78, 5) is 24.3. The molecule has 8 heteroatoms. The Kier molecular flexibility index (Phi) is 5.59. The van der Waals surface area contributed by atoms with Crippen molar-refractivity contribution in [1.29, 1.82) is 0 Å². The number of rotatable bonds is 7. The van der Waals surface area contributed by atoms with E-state index in [1.165, 1.54) is 0 Å². The molecule has 1 N–H and O–H groups in total. The molecule has 1 aliphatic carbocycles. The van der Waals surface area contributed by atoms with Crippen molar-refractivity contribution < 1.29 is 19.4 Å². The first-order chi connectivity index (χ1) is 15.6. The molecule has 1 fully saturated rings. The average molecular weight is 450 g/mol. The normalized spacial score (nSPS) is 17.9. The molecule has 1 saturated carbocycles. The molecule has 3 heterocycles. The van der Waals surface area contributed by atoms with E-state index in [1.807, 2.05) is 36.4 Å². The zero-order valence-electron chi connectivity index (χ0n) is 17.1. The van der Waals surface area contributed by atoms with Crippen LogP contribution in [-0.2, 0) is 9.53 Å². The van der Waals surface area contributed by atoms with Crippen molar-refractivity contribution in [2.45, 2.75) is 18.9 Å². The Balaban J connectivity index is 1.26. The van der Waals surface area contributed by atoms with Crippen LogP contribution < -0.4 is 4.74 Å². The zero-order valence-corrected chi connectivity index (χ0v) is 17.8. The van der Waals surface area contributed by atoms with E-state index in [4.69, 9.17) is 26.2 Å². The highest BCUT2D eigenvalue weighted by molar-refractivity contribution is 6.29. The van der Waals surface area contributed by atoms with E-state index in [9.17, 15) is 4.79 Å². The van der Waals surface area contributed by atoms with Crippen LogP contribution in [0.2, 0.25) is 5.15 Å². The number of aliphatic carboxylic acids is 1. The SMILES string of the molecule is O=C(O)[C@H]1C[C@@H](OCCOc2ccc3cc(-c4nccc5ccc(Cl)nc45)cnc3c2)C1. The van der Waals surface area contributed by atoms with Crippen LogP contribution in [0.1, 0.15) is 12.8 Å². The zero-order chi connectivity index (χ0) is 22.1. The molecule has 1 aliphatic rings. The van der Waals surface area contributed by atoms with Crippen molar-refractivity contribution in [2.75, 3.05) is 13.2 Å². The molecule has 5 rings (SSSR count). The van der Waals surface area contributed by atoms with Crippen LogP contribution >= 0.6 is 11.6 Å². The fourth-order valence-electron chi connectivity index (χ4n) is 3.83. The van der Waals surface area contributed by atoms with Gasteiger partial charge in [-0.15, -0.1) is 0 Å². The Bertz CT molecular complexity index is 1310. The van der Waals surface area contributed by atoms with E-state index >= 15 is 0 Å². The van der Waals surface area contributed by atoms with Gasteiger partial charge in [0.15, 0.2) is 0 Å². The number of carboxylic acid groups (broad SMARTS) is 1. The topological polar surface area (TPSA) is 94.4 Å². The van der Waals surface area contributed by atoms with Crippen LogP contribution in [-0.4, -0.2) is 45.3 Å². The Labute approximate surface area is 189 Å². The average Bonchev–Trinajstić information content (AvgIpc) is 2.76. The Hall–Kier alpha value is -3.29. The highest BCUT2D eigenvalue weighted by Gasteiger charge is 2.34. The molecule has 0 aliphatic heterocycles. The summed E-state index contributed by atoms with van der Waals surface area (Å²) in [5, 5.41) is 11.2. The predicted molar refractivity (Wildman–Crippen MR) is 121 cm³/mol. The van der Waals surface area contributed by atoms with E-state index in [0.717, 1.165) is 33.1 Å². The number of benzene rings is 1. The third kappa shape index (κ3) is 4.22. The Morgan fingerprint density at radius 1 is 1.06 bits per heavy atom. The second kappa shape index (κ2) is 8.68. The molecule has 32 heavy (non-hydrogen) atoms. The monoisotopic (exact) mass is 449 g/mol. The third-order valence-electron chi connectivity index (χ3n) is 5.65. The quantitative estimate of drug-likeness (QED) is 0.321. The number of pyridine rings is 3. The molecule has 7 nitrogen and oxygen atoms in total. The molecular formula is C24H20ClN3O4. The highest BCUT2D eigenvalue weighted by atomic mass is 35.5. The predicted octanol–water partition coefficient (Wildman–Crippen LogP) is 4.76. The number of carboxylic acids is 1. The summed E-state index contributed by atoms with van der Waals surface area (Å²) >= 11 is 6.09. The van der Waals surface area contributed by atoms with Crippen molar-refractivity contribution in [3.8, 4) is 17.0 Å². The summed E-state index contributed by atoms with van der Waals surface area (Å²) < 4.78 is 11.4. The van der Waals surface area contributed by atoms with Crippen LogP contribution in [0.15, 0.2) is 54.9 Å². The van der Waals surface area contributed by atoms with Gasteiger partial charge in [-0.2, -0.15) is 0 Å². The molecule has 0 atom stereocenters. The molecular weight excluding hydrogens is 430 g/mol. The maximum Gasteiger partial charge on any atom is 0.306 e. The lowest BCUT2D eigenvalue weighted by molar-refractivity contribution is -0.151. The first kappa shape index (κ1) is 20.6. The van der Waals surface area contributed by atoms with Gasteiger partial charge in [0.2, 0.25) is 0 Å². The molecule has 0 bridgehead atoms. The number of hydrogen-bond donors (Lipinski definition) is 1. The minimum atomic E-state index is -0.746. The number of fused-ring (bicyclic) bond motifs is 2.